The highest BCUT2D eigenvalue weighted by Gasteiger charge is 2.29. The van der Waals surface area contributed by atoms with Crippen LogP contribution in [0.25, 0.3) is 0 Å². The maximum absolute atomic E-state index is 11.3. The summed E-state index contributed by atoms with van der Waals surface area (Å²) in [5.74, 6) is 2.22. The average Bonchev–Trinajstić information content (AvgIpc) is 2.94. The van der Waals surface area contributed by atoms with Gasteiger partial charge >= 0.3 is 13.3 Å². The molecule has 0 saturated heterocycles. The molecule has 2 N–H and O–H groups in total. The third-order valence-electron chi connectivity index (χ3n) is 8.36. The number of hydrogen-bond donors (Lipinski definition) is 2. The lowest BCUT2D eigenvalue weighted by Gasteiger charge is -2.24. The molecule has 6 nitrogen and oxygen atoms in total. The van der Waals surface area contributed by atoms with Gasteiger partial charge in [-0.05, 0) is 37.9 Å². The maximum Gasteiger partial charge on any atom is 0.435 e. The van der Waals surface area contributed by atoms with Gasteiger partial charge in [0.2, 0.25) is 0 Å². The minimum absolute atomic E-state index is 0.0952. The summed E-state index contributed by atoms with van der Waals surface area (Å²) >= 11 is 2.04. The van der Waals surface area contributed by atoms with Crippen molar-refractivity contribution in [1.29, 1.82) is 0 Å². The van der Waals surface area contributed by atoms with Crippen LogP contribution in [0.15, 0.2) is 0 Å². The highest BCUT2D eigenvalue weighted by molar-refractivity contribution is 7.99. The molecule has 0 bridgehead atoms. The molecule has 40 heavy (non-hydrogen) atoms. The van der Waals surface area contributed by atoms with Crippen LogP contribution >= 0.6 is 19.4 Å². The van der Waals surface area contributed by atoms with Gasteiger partial charge in [-0.15, -0.1) is 0 Å². The predicted molar refractivity (Wildman–Crippen MR) is 171 cm³/mol. The van der Waals surface area contributed by atoms with E-state index in [-0.39, 0.29) is 12.7 Å². The lowest BCUT2D eigenvalue weighted by Crippen LogP contribution is -2.25. The topological polar surface area (TPSA) is 93.1 Å². The van der Waals surface area contributed by atoms with Crippen molar-refractivity contribution in [3.8, 4) is 0 Å². The molecule has 1 aliphatic carbocycles. The van der Waals surface area contributed by atoms with E-state index < -0.39 is 13.3 Å². The number of carbonyl (C=O) groups is 1. The fourth-order valence-corrected chi connectivity index (χ4v) is 7.58. The van der Waals surface area contributed by atoms with Crippen LogP contribution in [0.1, 0.15) is 162 Å². The molecular formula is C32H63O6PS. The van der Waals surface area contributed by atoms with E-state index in [2.05, 4.69) is 18.4 Å². The SMILES string of the molecule is CCCCCCC[C@@H](SCCCCCCCCCCCCC1CCCCC1)[C@H](C)OCCCOP(=O)(O)C(=O)O. The van der Waals surface area contributed by atoms with Crippen LogP contribution in [0, 0.1) is 5.92 Å². The third-order valence-corrected chi connectivity index (χ3v) is 10.9. The van der Waals surface area contributed by atoms with Crippen molar-refractivity contribution in [3.05, 3.63) is 0 Å². The van der Waals surface area contributed by atoms with Gasteiger partial charge in [0, 0.05) is 11.9 Å². The van der Waals surface area contributed by atoms with E-state index in [1.54, 1.807) is 0 Å². The second kappa shape index (κ2) is 25.4. The highest BCUT2D eigenvalue weighted by atomic mass is 32.2. The molecule has 1 saturated carbocycles. The Kier molecular flexibility index (Phi) is 24.1. The fourth-order valence-electron chi connectivity index (χ4n) is 5.74. The van der Waals surface area contributed by atoms with Crippen molar-refractivity contribution in [2.45, 2.75) is 173 Å². The average molecular weight is 607 g/mol. The van der Waals surface area contributed by atoms with Gasteiger partial charge < -0.3 is 19.3 Å². The third kappa shape index (κ3) is 20.8. The number of hydrogen-bond acceptors (Lipinski definition) is 5. The van der Waals surface area contributed by atoms with Gasteiger partial charge in [0.05, 0.1) is 12.7 Å². The van der Waals surface area contributed by atoms with Crippen LogP contribution in [-0.2, 0) is 13.8 Å². The molecule has 238 valence electrons. The highest BCUT2D eigenvalue weighted by Crippen LogP contribution is 2.42. The van der Waals surface area contributed by atoms with Gasteiger partial charge in [0.1, 0.15) is 0 Å². The fraction of sp³-hybridized carbons (Fsp3) is 0.969. The first-order valence-corrected chi connectivity index (χ1v) is 19.4. The Morgan fingerprint density at radius 1 is 0.825 bits per heavy atom. The van der Waals surface area contributed by atoms with Gasteiger partial charge in [0.15, 0.2) is 0 Å². The molecule has 0 aliphatic heterocycles. The van der Waals surface area contributed by atoms with Crippen LogP contribution in [0.5, 0.6) is 0 Å². The van der Waals surface area contributed by atoms with Crippen molar-refractivity contribution >= 4 is 25.1 Å². The second-order valence-corrected chi connectivity index (χ2v) is 15.0. The van der Waals surface area contributed by atoms with E-state index in [1.165, 1.54) is 141 Å². The molecule has 0 amide bonds. The van der Waals surface area contributed by atoms with Crippen molar-refractivity contribution in [2.75, 3.05) is 19.0 Å². The van der Waals surface area contributed by atoms with Crippen molar-refractivity contribution in [2.24, 2.45) is 5.92 Å². The molecule has 0 radical (unpaired) electrons. The molecule has 8 heteroatoms. The van der Waals surface area contributed by atoms with Crippen molar-refractivity contribution in [3.63, 3.8) is 0 Å². The minimum atomic E-state index is -4.56. The standard InChI is InChI=1S/C32H63O6PS/c1-3-4-5-12-19-25-31(29(2)37-26-21-27-38-39(35,36)32(33)34)40-28-20-14-11-9-7-6-8-10-13-16-22-30-23-17-15-18-24-30/h29-31H,3-28H2,1-2H3,(H,33,34)(H,35,36)/t29-,31+/m0/s1. The molecule has 0 heterocycles. The molecule has 1 rings (SSSR count). The zero-order valence-electron chi connectivity index (χ0n) is 26.0. The smallest absolute Gasteiger partial charge is 0.435 e. The zero-order chi connectivity index (χ0) is 29.3. The van der Waals surface area contributed by atoms with E-state index in [4.69, 9.17) is 9.84 Å². The summed E-state index contributed by atoms with van der Waals surface area (Å²) in [5.41, 5.74) is -1.81. The van der Waals surface area contributed by atoms with Crippen LogP contribution in [-0.4, -0.2) is 46.0 Å². The van der Waals surface area contributed by atoms with Crippen molar-refractivity contribution in [1.82, 2.24) is 0 Å². The van der Waals surface area contributed by atoms with Gasteiger partial charge in [-0.25, -0.2) is 9.36 Å². The number of thioether (sulfide) groups is 1. The number of carboxylic acid groups (broad SMARTS) is 1. The molecule has 1 fully saturated rings. The van der Waals surface area contributed by atoms with E-state index in [0.29, 0.717) is 18.3 Å². The summed E-state index contributed by atoms with van der Waals surface area (Å²) in [6.07, 6.45) is 30.7. The largest absolute Gasteiger partial charge is 0.472 e. The molecule has 0 aromatic heterocycles. The van der Waals surface area contributed by atoms with Crippen LogP contribution in [0.3, 0.4) is 0 Å². The van der Waals surface area contributed by atoms with E-state index in [1.807, 2.05) is 11.8 Å². The van der Waals surface area contributed by atoms with Crippen LogP contribution < -0.4 is 0 Å². The Labute approximate surface area is 251 Å². The maximum atomic E-state index is 11.3. The monoisotopic (exact) mass is 606 g/mol. The van der Waals surface area contributed by atoms with Crippen molar-refractivity contribution < 1.29 is 28.6 Å². The summed E-state index contributed by atoms with van der Waals surface area (Å²) in [5, 5.41) is 9.12. The molecule has 1 unspecified atom stereocenters. The number of ether oxygens (including phenoxy) is 1. The minimum Gasteiger partial charge on any atom is -0.472 e. The predicted octanol–water partition coefficient (Wildman–Crippen LogP) is 11.0. The Hall–Kier alpha value is -0.0700. The van der Waals surface area contributed by atoms with E-state index in [0.717, 1.165) is 12.3 Å². The van der Waals surface area contributed by atoms with Gasteiger partial charge in [-0.2, -0.15) is 11.8 Å². The van der Waals surface area contributed by atoms with Gasteiger partial charge in [0.25, 0.3) is 0 Å². The second-order valence-electron chi connectivity index (χ2n) is 12.0. The number of rotatable bonds is 28. The molecule has 3 atom stereocenters. The van der Waals surface area contributed by atoms with E-state index >= 15 is 0 Å². The number of unbranched alkanes of at least 4 members (excludes halogenated alkanes) is 13. The summed E-state index contributed by atoms with van der Waals surface area (Å²) in [6.45, 7) is 4.66. The normalized spacial score (nSPS) is 17.5. The Morgan fingerprint density at radius 3 is 2.02 bits per heavy atom. The van der Waals surface area contributed by atoms with Gasteiger partial charge in [-0.1, -0.05) is 135 Å². The molecule has 0 spiro atoms. The Bertz CT molecular complexity index is 643. The first-order chi connectivity index (χ1) is 19.4. The summed E-state index contributed by atoms with van der Waals surface area (Å²) in [7, 11) is -4.56. The Balaban J connectivity index is 2.09. The van der Waals surface area contributed by atoms with E-state index in [9.17, 15) is 14.3 Å². The first-order valence-electron chi connectivity index (χ1n) is 16.8. The molecule has 0 aromatic carbocycles. The zero-order valence-corrected chi connectivity index (χ0v) is 27.7. The Morgan fingerprint density at radius 2 is 1.40 bits per heavy atom. The molecular weight excluding hydrogens is 543 g/mol. The van der Waals surface area contributed by atoms with Crippen LogP contribution in [0.2, 0.25) is 0 Å². The summed E-state index contributed by atoms with van der Waals surface area (Å²) in [4.78, 5) is 19.9. The lowest BCUT2D eigenvalue weighted by atomic mass is 9.85. The molecule has 1 aliphatic rings. The summed E-state index contributed by atoms with van der Waals surface area (Å²) in [6, 6.07) is 0. The summed E-state index contributed by atoms with van der Waals surface area (Å²) < 4.78 is 22.0. The van der Waals surface area contributed by atoms with Gasteiger partial charge in [-0.3, -0.25) is 0 Å². The lowest BCUT2D eigenvalue weighted by molar-refractivity contribution is 0.0537. The van der Waals surface area contributed by atoms with Crippen LogP contribution in [0.4, 0.5) is 4.79 Å². The molecule has 0 aromatic rings. The quantitative estimate of drug-likeness (QED) is 0.0676. The first kappa shape index (κ1) is 38.0.